The Morgan fingerprint density at radius 2 is 1.81 bits per heavy atom. The van der Waals surface area contributed by atoms with Gasteiger partial charge in [0.2, 0.25) is 0 Å². The Bertz CT molecular complexity index is 1390. The van der Waals surface area contributed by atoms with Crippen LogP contribution in [0.5, 0.6) is 5.75 Å². The number of fused-ring (bicyclic) bond motifs is 3. The highest BCUT2D eigenvalue weighted by Crippen LogP contribution is 2.44. The molecule has 1 aliphatic rings. The molecule has 0 spiro atoms. The molecule has 2 aromatic carbocycles. The van der Waals surface area contributed by atoms with Gasteiger partial charge in [0.15, 0.2) is 5.82 Å². The van der Waals surface area contributed by atoms with Crippen molar-refractivity contribution in [2.75, 3.05) is 6.61 Å². The molecule has 0 atom stereocenters. The van der Waals surface area contributed by atoms with E-state index in [9.17, 15) is 19.8 Å². The van der Waals surface area contributed by atoms with Crippen molar-refractivity contribution in [2.24, 2.45) is 0 Å². The molecule has 0 saturated heterocycles. The number of rotatable bonds is 4. The van der Waals surface area contributed by atoms with Gasteiger partial charge in [-0.05, 0) is 48.0 Å². The number of aromatic carboxylic acids is 2. The van der Waals surface area contributed by atoms with Gasteiger partial charge in [0, 0.05) is 16.9 Å². The van der Waals surface area contributed by atoms with Crippen LogP contribution in [0.15, 0.2) is 48.8 Å². The van der Waals surface area contributed by atoms with Crippen molar-refractivity contribution in [1.82, 2.24) is 14.8 Å². The molecule has 2 aromatic heterocycles. The van der Waals surface area contributed by atoms with Crippen LogP contribution < -0.4 is 4.74 Å². The topological polar surface area (TPSA) is 115 Å². The van der Waals surface area contributed by atoms with Gasteiger partial charge < -0.3 is 14.9 Å². The molecule has 160 valence electrons. The van der Waals surface area contributed by atoms with Crippen molar-refractivity contribution in [3.8, 4) is 32.6 Å². The first-order chi connectivity index (χ1) is 15.4. The van der Waals surface area contributed by atoms with E-state index in [0.29, 0.717) is 30.3 Å². The predicted octanol–water partition coefficient (Wildman–Crippen LogP) is 4.65. The van der Waals surface area contributed by atoms with Gasteiger partial charge in [-0.15, -0.1) is 21.5 Å². The Morgan fingerprint density at radius 3 is 2.56 bits per heavy atom. The Kier molecular flexibility index (Phi) is 4.91. The molecule has 0 aliphatic carbocycles. The quantitative estimate of drug-likeness (QED) is 0.449. The van der Waals surface area contributed by atoms with E-state index < -0.39 is 11.9 Å². The Morgan fingerprint density at radius 1 is 1.06 bits per heavy atom. The number of aromatic nitrogens is 3. The van der Waals surface area contributed by atoms with Gasteiger partial charge >= 0.3 is 11.9 Å². The van der Waals surface area contributed by atoms with Crippen molar-refractivity contribution in [1.29, 1.82) is 0 Å². The van der Waals surface area contributed by atoms with E-state index in [-0.39, 0.29) is 16.1 Å². The van der Waals surface area contributed by atoms with Crippen LogP contribution in [-0.2, 0) is 6.42 Å². The number of carboxylic acid groups (broad SMARTS) is 2. The second-order valence-corrected chi connectivity index (χ2v) is 8.53. The fourth-order valence-corrected chi connectivity index (χ4v) is 5.09. The van der Waals surface area contributed by atoms with Gasteiger partial charge in [0.1, 0.15) is 12.1 Å². The summed E-state index contributed by atoms with van der Waals surface area (Å²) in [5.74, 6) is -0.966. The lowest BCUT2D eigenvalue weighted by atomic mass is 10.1. The lowest BCUT2D eigenvalue weighted by molar-refractivity contribution is 0.0686. The molecule has 10 heteroatoms. The number of thiophene rings is 1. The van der Waals surface area contributed by atoms with Crippen molar-refractivity contribution in [2.45, 2.75) is 6.42 Å². The zero-order valence-electron chi connectivity index (χ0n) is 16.3. The van der Waals surface area contributed by atoms with Gasteiger partial charge in [0.25, 0.3) is 0 Å². The molecule has 8 nitrogen and oxygen atoms in total. The van der Waals surface area contributed by atoms with E-state index in [4.69, 9.17) is 16.3 Å². The lowest BCUT2D eigenvalue weighted by Gasteiger charge is -2.09. The Balaban J connectivity index is 1.59. The number of hydrogen-bond acceptors (Lipinski definition) is 6. The van der Waals surface area contributed by atoms with Crippen LogP contribution in [0.2, 0.25) is 5.02 Å². The molecule has 0 unspecified atom stereocenters. The Labute approximate surface area is 190 Å². The molecule has 0 radical (unpaired) electrons. The molecule has 0 amide bonds. The maximum absolute atomic E-state index is 11.3. The summed E-state index contributed by atoms with van der Waals surface area (Å²) >= 11 is 7.85. The third-order valence-corrected chi connectivity index (χ3v) is 6.64. The zero-order valence-corrected chi connectivity index (χ0v) is 17.9. The highest BCUT2D eigenvalue weighted by Gasteiger charge is 2.23. The van der Waals surface area contributed by atoms with Gasteiger partial charge in [-0.25, -0.2) is 9.59 Å². The maximum atomic E-state index is 11.3. The molecule has 1 aliphatic heterocycles. The monoisotopic (exact) mass is 467 g/mol. The van der Waals surface area contributed by atoms with Crippen LogP contribution in [0.3, 0.4) is 0 Å². The second-order valence-electron chi connectivity index (χ2n) is 7.08. The number of benzene rings is 2. The first-order valence-electron chi connectivity index (χ1n) is 9.49. The van der Waals surface area contributed by atoms with Crippen LogP contribution in [0, 0.1) is 0 Å². The van der Waals surface area contributed by atoms with Crippen LogP contribution in [0.1, 0.15) is 26.3 Å². The average Bonchev–Trinajstić information content (AvgIpc) is 3.37. The van der Waals surface area contributed by atoms with Crippen molar-refractivity contribution < 1.29 is 24.5 Å². The van der Waals surface area contributed by atoms with Gasteiger partial charge in [-0.2, -0.15) is 0 Å². The first kappa shape index (κ1) is 20.2. The Hall–Kier alpha value is -3.69. The SMILES string of the molecule is O=C(O)c1ccc(-n2cnnc2-c2cc3c(s2)-c2ccc(C(=O)O)cc2OCC3)c(Cl)c1. The molecule has 5 rings (SSSR count). The van der Waals surface area contributed by atoms with E-state index in [2.05, 4.69) is 10.2 Å². The molecule has 3 heterocycles. The zero-order chi connectivity index (χ0) is 22.4. The molecule has 0 fully saturated rings. The minimum Gasteiger partial charge on any atom is -0.493 e. The molecular weight excluding hydrogens is 454 g/mol. The number of carboxylic acids is 2. The molecular formula is C22H14ClN3O5S. The summed E-state index contributed by atoms with van der Waals surface area (Å²) in [6, 6.07) is 11.4. The van der Waals surface area contributed by atoms with Crippen molar-refractivity contribution in [3.63, 3.8) is 0 Å². The molecule has 32 heavy (non-hydrogen) atoms. The van der Waals surface area contributed by atoms with E-state index in [1.54, 1.807) is 28.8 Å². The fourth-order valence-electron chi connectivity index (χ4n) is 3.60. The van der Waals surface area contributed by atoms with Crippen LogP contribution in [-0.4, -0.2) is 43.5 Å². The van der Waals surface area contributed by atoms with Gasteiger partial charge in [-0.3, -0.25) is 4.57 Å². The summed E-state index contributed by atoms with van der Waals surface area (Å²) in [5.41, 5.74) is 2.72. The minimum atomic E-state index is -1.06. The number of hydrogen-bond donors (Lipinski definition) is 2. The largest absolute Gasteiger partial charge is 0.493 e. The number of ether oxygens (including phenoxy) is 1. The van der Waals surface area contributed by atoms with Crippen molar-refractivity contribution >= 4 is 34.9 Å². The normalized spacial score (nSPS) is 12.4. The number of halogens is 1. The molecule has 4 aromatic rings. The third kappa shape index (κ3) is 3.41. The third-order valence-electron chi connectivity index (χ3n) is 5.13. The summed E-state index contributed by atoms with van der Waals surface area (Å²) < 4.78 is 7.51. The predicted molar refractivity (Wildman–Crippen MR) is 118 cm³/mol. The van der Waals surface area contributed by atoms with E-state index >= 15 is 0 Å². The van der Waals surface area contributed by atoms with E-state index in [1.165, 1.54) is 29.8 Å². The maximum Gasteiger partial charge on any atom is 0.335 e. The summed E-state index contributed by atoms with van der Waals surface area (Å²) in [7, 11) is 0. The number of nitrogens with zero attached hydrogens (tertiary/aromatic N) is 3. The standard InChI is InChI=1S/C22H14ClN3O5S/c23-15-7-12(21(27)28)2-4-16(15)26-10-24-25-20(26)18-9-11-5-6-31-17-8-13(22(29)30)1-3-14(17)19(11)32-18/h1-4,7-10H,5-6H2,(H,27,28)(H,29,30). The second kappa shape index (κ2) is 7.77. The summed E-state index contributed by atoms with van der Waals surface area (Å²) in [6.45, 7) is 0.425. The summed E-state index contributed by atoms with van der Waals surface area (Å²) in [6.07, 6.45) is 2.18. The van der Waals surface area contributed by atoms with Crippen molar-refractivity contribution in [3.05, 3.63) is 70.5 Å². The first-order valence-corrected chi connectivity index (χ1v) is 10.7. The summed E-state index contributed by atoms with van der Waals surface area (Å²) in [4.78, 5) is 24.4. The van der Waals surface area contributed by atoms with Gasteiger partial charge in [0.05, 0.1) is 33.3 Å². The average molecular weight is 468 g/mol. The fraction of sp³-hybridized carbons (Fsp3) is 0.0909. The number of carbonyl (C=O) groups is 2. The lowest BCUT2D eigenvalue weighted by Crippen LogP contribution is -2.01. The molecule has 0 saturated carbocycles. The smallest absolute Gasteiger partial charge is 0.335 e. The van der Waals surface area contributed by atoms with Crippen LogP contribution in [0.25, 0.3) is 26.8 Å². The van der Waals surface area contributed by atoms with Crippen LogP contribution in [0.4, 0.5) is 0 Å². The minimum absolute atomic E-state index is 0.0912. The van der Waals surface area contributed by atoms with Gasteiger partial charge in [-0.1, -0.05) is 11.6 Å². The highest BCUT2D eigenvalue weighted by molar-refractivity contribution is 7.19. The molecule has 2 N–H and O–H groups in total. The highest BCUT2D eigenvalue weighted by atomic mass is 35.5. The molecule has 0 bridgehead atoms. The van der Waals surface area contributed by atoms with E-state index in [1.807, 2.05) is 6.07 Å². The van der Waals surface area contributed by atoms with E-state index in [0.717, 1.165) is 20.9 Å². The van der Waals surface area contributed by atoms with Crippen LogP contribution >= 0.6 is 22.9 Å². The summed E-state index contributed by atoms with van der Waals surface area (Å²) in [5, 5.41) is 27.0.